The van der Waals surface area contributed by atoms with Crippen LogP contribution in [-0.4, -0.2) is 25.5 Å². The van der Waals surface area contributed by atoms with Gasteiger partial charge in [-0.25, -0.2) is 4.79 Å². The Hall–Kier alpha value is -4.38. The van der Waals surface area contributed by atoms with E-state index in [9.17, 15) is 4.79 Å². The van der Waals surface area contributed by atoms with E-state index >= 15 is 0 Å². The Labute approximate surface area is 218 Å². The van der Waals surface area contributed by atoms with Crippen molar-refractivity contribution in [3.8, 4) is 22.6 Å². The van der Waals surface area contributed by atoms with Gasteiger partial charge in [0.1, 0.15) is 31.3 Å². The molecule has 0 aliphatic carbocycles. The molecule has 1 amide bonds. The lowest BCUT2D eigenvalue weighted by molar-refractivity contribution is 0.151. The predicted octanol–water partition coefficient (Wildman–Crippen LogP) is 7.52. The Balaban J connectivity index is 1.23. The first-order valence-corrected chi connectivity index (χ1v) is 12.5. The van der Waals surface area contributed by atoms with E-state index in [1.165, 1.54) is 11.8 Å². The molecule has 4 aromatic carbocycles. The van der Waals surface area contributed by atoms with Crippen LogP contribution < -0.4 is 9.47 Å². The Morgan fingerprint density at radius 2 is 1.41 bits per heavy atom. The number of ether oxygens (including phenoxy) is 3. The molecular weight excluding hydrogens is 462 g/mol. The van der Waals surface area contributed by atoms with Crippen molar-refractivity contribution in [2.75, 3.05) is 13.2 Å². The number of amides is 1. The maximum Gasteiger partial charge on any atom is 0.433 e. The highest BCUT2D eigenvalue weighted by Gasteiger charge is 2.04. The molecule has 0 heterocycles. The van der Waals surface area contributed by atoms with E-state index in [4.69, 9.17) is 14.2 Å². The number of rotatable bonds is 11. The number of hydrogen-bond acceptors (Lipinski definition) is 4. The van der Waals surface area contributed by atoms with E-state index in [1.54, 1.807) is 0 Å². The Morgan fingerprint density at radius 1 is 0.757 bits per heavy atom. The lowest BCUT2D eigenvalue weighted by atomic mass is 10.0. The van der Waals surface area contributed by atoms with E-state index in [1.807, 2.05) is 97.1 Å². The Morgan fingerprint density at radius 3 is 2.14 bits per heavy atom. The maximum atomic E-state index is 11.9. The first-order valence-electron chi connectivity index (χ1n) is 12.5. The Bertz CT molecular complexity index is 1280. The van der Waals surface area contributed by atoms with Gasteiger partial charge < -0.3 is 14.2 Å². The predicted molar refractivity (Wildman–Crippen MR) is 148 cm³/mol. The van der Waals surface area contributed by atoms with Crippen LogP contribution in [0.2, 0.25) is 0 Å². The zero-order valence-electron chi connectivity index (χ0n) is 21.0. The van der Waals surface area contributed by atoms with Crippen LogP contribution in [0.15, 0.2) is 108 Å². The van der Waals surface area contributed by atoms with Crippen molar-refractivity contribution in [3.63, 3.8) is 0 Å². The molecule has 0 saturated heterocycles. The molecule has 4 rings (SSSR count). The largest absolute Gasteiger partial charge is 0.490 e. The van der Waals surface area contributed by atoms with Crippen molar-refractivity contribution < 1.29 is 19.0 Å². The van der Waals surface area contributed by atoms with Crippen LogP contribution in [0.1, 0.15) is 30.0 Å². The summed E-state index contributed by atoms with van der Waals surface area (Å²) in [7, 11) is 0. The molecule has 0 spiro atoms. The Kier molecular flexibility index (Phi) is 9.48. The lowest BCUT2D eigenvalue weighted by Gasteiger charge is -2.12. The van der Waals surface area contributed by atoms with Gasteiger partial charge in [-0.3, -0.25) is 0 Å². The number of carbonyl (C=O) groups is 1. The van der Waals surface area contributed by atoms with E-state index in [-0.39, 0.29) is 6.61 Å². The van der Waals surface area contributed by atoms with Gasteiger partial charge in [-0.1, -0.05) is 98.3 Å². The molecule has 0 aliphatic heterocycles. The highest BCUT2D eigenvalue weighted by atomic mass is 16.5. The van der Waals surface area contributed by atoms with Gasteiger partial charge in [0.25, 0.3) is 0 Å². The van der Waals surface area contributed by atoms with Gasteiger partial charge in [0, 0.05) is 6.21 Å². The van der Waals surface area contributed by atoms with Crippen molar-refractivity contribution in [2.45, 2.75) is 26.4 Å². The summed E-state index contributed by atoms with van der Waals surface area (Å²) >= 11 is 0. The number of nitrogens with zero attached hydrogens (tertiary/aromatic N) is 1. The highest BCUT2D eigenvalue weighted by molar-refractivity contribution is 5.89. The number of carbonyl (C=O) groups excluding carboxylic acids is 1. The highest BCUT2D eigenvalue weighted by Crippen LogP contribution is 2.23. The second-order valence-electron chi connectivity index (χ2n) is 8.50. The molecule has 5 nitrogen and oxygen atoms in total. The smallest absolute Gasteiger partial charge is 0.433 e. The molecule has 37 heavy (non-hydrogen) atoms. The number of aryl methyl sites for hydroxylation is 1. The van der Waals surface area contributed by atoms with Crippen LogP contribution in [0.5, 0.6) is 11.5 Å². The fourth-order valence-corrected chi connectivity index (χ4v) is 3.82. The normalized spacial score (nSPS) is 10.8. The third kappa shape index (κ3) is 8.07. The molecule has 0 fully saturated rings. The van der Waals surface area contributed by atoms with Crippen molar-refractivity contribution in [1.29, 1.82) is 0 Å². The van der Waals surface area contributed by atoms with Crippen molar-refractivity contribution in [2.24, 2.45) is 4.99 Å². The molecule has 0 aromatic heterocycles. The summed E-state index contributed by atoms with van der Waals surface area (Å²) < 4.78 is 16.9. The molecule has 4 aromatic rings. The summed E-state index contributed by atoms with van der Waals surface area (Å²) in [4.78, 5) is 15.8. The first kappa shape index (κ1) is 25.7. The van der Waals surface area contributed by atoms with Crippen molar-refractivity contribution in [1.82, 2.24) is 0 Å². The SMILES string of the molecule is CCCc1ccccc1OCCOc1ccc(-c2ccc(C=NC(=O)OCc3ccccc3)cc2)cc1. The summed E-state index contributed by atoms with van der Waals surface area (Å²) in [6.45, 7) is 3.33. The number of hydrogen-bond donors (Lipinski definition) is 0. The van der Waals surface area contributed by atoms with Gasteiger partial charge >= 0.3 is 6.09 Å². The van der Waals surface area contributed by atoms with Crippen LogP contribution in [-0.2, 0) is 17.8 Å². The van der Waals surface area contributed by atoms with Crippen LogP contribution in [0.4, 0.5) is 4.79 Å². The summed E-state index contributed by atoms with van der Waals surface area (Å²) in [5.74, 6) is 1.73. The maximum absolute atomic E-state index is 11.9. The third-order valence-corrected chi connectivity index (χ3v) is 5.72. The molecule has 0 unspecified atom stereocenters. The molecule has 188 valence electrons. The van der Waals surface area contributed by atoms with Gasteiger partial charge in [0.2, 0.25) is 0 Å². The van der Waals surface area contributed by atoms with Crippen LogP contribution in [0, 0.1) is 0 Å². The van der Waals surface area contributed by atoms with Crippen molar-refractivity contribution >= 4 is 12.3 Å². The lowest BCUT2D eigenvalue weighted by Crippen LogP contribution is -2.10. The quantitative estimate of drug-likeness (QED) is 0.160. The van der Waals surface area contributed by atoms with Gasteiger partial charge in [0.05, 0.1) is 0 Å². The number of benzene rings is 4. The summed E-state index contributed by atoms with van der Waals surface area (Å²) in [5.41, 5.74) is 5.11. The van der Waals surface area contributed by atoms with Gasteiger partial charge in [-0.2, -0.15) is 4.99 Å². The molecule has 0 N–H and O–H groups in total. The van der Waals surface area contributed by atoms with E-state index in [0.717, 1.165) is 46.6 Å². The van der Waals surface area contributed by atoms with Crippen LogP contribution in [0.3, 0.4) is 0 Å². The summed E-state index contributed by atoms with van der Waals surface area (Å²) in [6.07, 6.45) is 2.99. The average Bonchev–Trinajstić information content (AvgIpc) is 2.95. The van der Waals surface area contributed by atoms with E-state index in [2.05, 4.69) is 18.0 Å². The molecule has 0 bridgehead atoms. The summed E-state index contributed by atoms with van der Waals surface area (Å²) in [5, 5.41) is 0. The topological polar surface area (TPSA) is 57.1 Å². The minimum Gasteiger partial charge on any atom is -0.490 e. The monoisotopic (exact) mass is 493 g/mol. The molecular formula is C32H31NO4. The number of aliphatic imine (C=N–C) groups is 1. The van der Waals surface area contributed by atoms with E-state index < -0.39 is 6.09 Å². The molecule has 0 aliphatic rings. The number of para-hydroxylation sites is 1. The van der Waals surface area contributed by atoms with Crippen LogP contribution >= 0.6 is 0 Å². The second-order valence-corrected chi connectivity index (χ2v) is 8.50. The fraction of sp³-hybridized carbons (Fsp3) is 0.188. The zero-order valence-corrected chi connectivity index (χ0v) is 21.0. The minimum absolute atomic E-state index is 0.204. The zero-order chi connectivity index (χ0) is 25.7. The molecule has 0 saturated carbocycles. The van der Waals surface area contributed by atoms with Gasteiger partial charge in [0.15, 0.2) is 0 Å². The standard InChI is InChI=1S/C32H31NO4/c1-2-8-29-11-6-7-12-31(29)36-22-21-35-30-19-17-28(18-20-30)27-15-13-25(14-16-27)23-33-32(34)37-24-26-9-4-3-5-10-26/h3-7,9-20,23H,2,8,21-22,24H2,1H3. The molecule has 0 atom stereocenters. The third-order valence-electron chi connectivity index (χ3n) is 5.72. The van der Waals surface area contributed by atoms with Gasteiger partial charge in [-0.05, 0) is 52.4 Å². The average molecular weight is 494 g/mol. The fourth-order valence-electron chi connectivity index (χ4n) is 3.82. The van der Waals surface area contributed by atoms with Gasteiger partial charge in [-0.15, -0.1) is 0 Å². The summed E-state index contributed by atoms with van der Waals surface area (Å²) in [6, 6.07) is 33.5. The van der Waals surface area contributed by atoms with E-state index in [0.29, 0.717) is 13.2 Å². The molecule has 0 radical (unpaired) electrons. The minimum atomic E-state index is -0.612. The molecule has 5 heteroatoms. The first-order chi connectivity index (χ1) is 18.2. The second kappa shape index (κ2) is 13.6. The van der Waals surface area contributed by atoms with Crippen LogP contribution in [0.25, 0.3) is 11.1 Å². The van der Waals surface area contributed by atoms with Crippen molar-refractivity contribution in [3.05, 3.63) is 120 Å².